The van der Waals surface area contributed by atoms with Crippen LogP contribution in [0.1, 0.15) is 19.8 Å². The molecule has 0 saturated carbocycles. The summed E-state index contributed by atoms with van der Waals surface area (Å²) in [6.07, 6.45) is 1.58. The third kappa shape index (κ3) is 4.72. The number of hydrogen-bond donors (Lipinski definition) is 0. The minimum Gasteiger partial charge on any atom is -0.448 e. The molecule has 0 N–H and O–H groups in total. The van der Waals surface area contributed by atoms with Crippen LogP contribution in [0.3, 0.4) is 0 Å². The quantitative estimate of drug-likeness (QED) is 0.784. The molecule has 0 aromatic heterocycles. The minimum absolute atomic E-state index is 0.189. The van der Waals surface area contributed by atoms with Gasteiger partial charge in [-0.25, -0.2) is 13.2 Å². The number of carbonyl (C=O) groups is 1. The molecule has 0 heterocycles. The van der Waals surface area contributed by atoms with Crippen molar-refractivity contribution in [3.63, 3.8) is 0 Å². The normalized spacial score (nSPS) is 11.1. The van der Waals surface area contributed by atoms with Crippen LogP contribution in [0.4, 0.5) is 10.5 Å². The summed E-state index contributed by atoms with van der Waals surface area (Å²) in [5.41, 5.74) is 0.202. The summed E-state index contributed by atoms with van der Waals surface area (Å²) < 4.78 is 28.9. The van der Waals surface area contributed by atoms with Gasteiger partial charge in [-0.1, -0.05) is 24.9 Å². The van der Waals surface area contributed by atoms with E-state index in [1.807, 2.05) is 6.92 Å². The van der Waals surface area contributed by atoms with Crippen LogP contribution in [0, 0.1) is 0 Å². The molecule has 7 heteroatoms. The average molecular weight is 306 g/mol. The van der Waals surface area contributed by atoms with Crippen molar-refractivity contribution in [3.8, 4) is 0 Å². The number of nitrogens with zero attached hydrogens (tertiary/aromatic N) is 1. The smallest absolute Gasteiger partial charge is 0.428 e. The number of benzene rings is 1. The maximum absolute atomic E-state index is 11.8. The van der Waals surface area contributed by atoms with Crippen molar-refractivity contribution in [2.24, 2.45) is 0 Å². The Bertz CT molecular complexity index is 527. The molecule has 1 aromatic carbocycles. The Labute approximate surface area is 118 Å². The highest BCUT2D eigenvalue weighted by Crippen LogP contribution is 2.21. The third-order valence-corrected chi connectivity index (χ3v) is 3.56. The van der Waals surface area contributed by atoms with E-state index in [2.05, 4.69) is 0 Å². The highest BCUT2D eigenvalue weighted by atomic mass is 35.5. The lowest BCUT2D eigenvalue weighted by atomic mass is 10.3. The molecule has 1 amide bonds. The second-order valence-corrected chi connectivity index (χ2v) is 6.24. The lowest BCUT2D eigenvalue weighted by Gasteiger charge is -2.19. The summed E-state index contributed by atoms with van der Waals surface area (Å²) in [5.74, 6) is 0. The number of rotatable bonds is 5. The van der Waals surface area contributed by atoms with E-state index < -0.39 is 16.1 Å². The second-order valence-electron chi connectivity index (χ2n) is 3.97. The second kappa shape index (κ2) is 6.77. The number of hydrogen-bond acceptors (Lipinski definition) is 4. The first-order valence-corrected chi connectivity index (χ1v) is 8.01. The van der Waals surface area contributed by atoms with Gasteiger partial charge in [0.05, 0.1) is 18.6 Å². The maximum atomic E-state index is 11.8. The number of carbonyl (C=O) groups excluding carboxylic acids is 1. The number of amides is 1. The number of unbranched alkanes of at least 4 members (excludes halogenated alkanes) is 1. The van der Waals surface area contributed by atoms with E-state index in [0.717, 1.165) is 12.7 Å². The van der Waals surface area contributed by atoms with Gasteiger partial charge in [-0.15, -0.1) is 0 Å². The summed E-state index contributed by atoms with van der Waals surface area (Å²) in [7, 11) is -3.75. The molecule has 0 spiro atoms. The summed E-state index contributed by atoms with van der Waals surface area (Å²) in [5, 5.41) is 0.455. The Morgan fingerprint density at radius 2 is 1.89 bits per heavy atom. The summed E-state index contributed by atoms with van der Waals surface area (Å²) in [4.78, 5) is 11.8. The fourth-order valence-corrected chi connectivity index (χ4v) is 2.33. The first kappa shape index (κ1) is 15.8. The van der Waals surface area contributed by atoms with Gasteiger partial charge in [-0.3, -0.25) is 0 Å². The van der Waals surface area contributed by atoms with Crippen LogP contribution in [0.25, 0.3) is 0 Å². The molecule has 0 atom stereocenters. The van der Waals surface area contributed by atoms with Gasteiger partial charge in [0.1, 0.15) is 0 Å². The molecular formula is C12H16ClNO4S. The van der Waals surface area contributed by atoms with Crippen LogP contribution in [-0.2, 0) is 14.8 Å². The van der Waals surface area contributed by atoms with Crippen molar-refractivity contribution in [3.05, 3.63) is 29.3 Å². The molecule has 0 aliphatic heterocycles. The Balaban J connectivity index is 2.96. The van der Waals surface area contributed by atoms with Crippen LogP contribution in [0.15, 0.2) is 24.3 Å². The van der Waals surface area contributed by atoms with Gasteiger partial charge in [-0.2, -0.15) is 4.31 Å². The van der Waals surface area contributed by atoms with E-state index in [-0.39, 0.29) is 12.3 Å². The first-order chi connectivity index (χ1) is 8.86. The first-order valence-electron chi connectivity index (χ1n) is 5.79. The fourth-order valence-electron chi connectivity index (χ4n) is 1.37. The third-order valence-electron chi connectivity index (χ3n) is 2.28. The Morgan fingerprint density at radius 3 is 2.37 bits per heavy atom. The van der Waals surface area contributed by atoms with Crippen molar-refractivity contribution in [1.29, 1.82) is 0 Å². The summed E-state index contributed by atoms with van der Waals surface area (Å²) >= 11 is 5.73. The molecule has 0 aliphatic rings. The fraction of sp³-hybridized carbons (Fsp3) is 0.417. The largest absolute Gasteiger partial charge is 0.448 e. The monoisotopic (exact) mass is 305 g/mol. The maximum Gasteiger partial charge on any atom is 0.428 e. The standard InChI is InChI=1S/C12H16ClNO4S/c1-3-4-9-18-12(15)14(19(2,16)17)11-7-5-10(13)6-8-11/h5-8H,3-4,9H2,1-2H3. The van der Waals surface area contributed by atoms with Gasteiger partial charge in [0.25, 0.3) is 0 Å². The van der Waals surface area contributed by atoms with Gasteiger partial charge < -0.3 is 4.74 Å². The number of anilines is 1. The minimum atomic E-state index is -3.75. The predicted molar refractivity (Wildman–Crippen MR) is 75.0 cm³/mol. The summed E-state index contributed by atoms with van der Waals surface area (Å²) in [6.45, 7) is 2.14. The number of ether oxygens (including phenoxy) is 1. The molecule has 0 aliphatic carbocycles. The number of halogens is 1. The van der Waals surface area contributed by atoms with Gasteiger partial charge in [0.2, 0.25) is 10.0 Å². The molecule has 0 bridgehead atoms. The van der Waals surface area contributed by atoms with Crippen LogP contribution < -0.4 is 4.31 Å². The lowest BCUT2D eigenvalue weighted by molar-refractivity contribution is 0.156. The van der Waals surface area contributed by atoms with Crippen molar-refractivity contribution >= 4 is 33.4 Å². The molecule has 106 valence electrons. The van der Waals surface area contributed by atoms with Gasteiger partial charge in [-0.05, 0) is 30.7 Å². The van der Waals surface area contributed by atoms with Crippen molar-refractivity contribution in [1.82, 2.24) is 0 Å². The molecule has 1 aromatic rings. The van der Waals surface area contributed by atoms with E-state index in [1.54, 1.807) is 0 Å². The van der Waals surface area contributed by atoms with Crippen molar-refractivity contribution in [2.45, 2.75) is 19.8 Å². The van der Waals surface area contributed by atoms with Crippen LogP contribution >= 0.6 is 11.6 Å². The van der Waals surface area contributed by atoms with E-state index in [9.17, 15) is 13.2 Å². The van der Waals surface area contributed by atoms with E-state index in [0.29, 0.717) is 15.7 Å². The Kier molecular flexibility index (Phi) is 5.62. The van der Waals surface area contributed by atoms with Gasteiger partial charge in [0, 0.05) is 5.02 Å². The zero-order valence-corrected chi connectivity index (χ0v) is 12.4. The predicted octanol–water partition coefficient (Wildman–Crippen LogP) is 3.04. The molecule has 5 nitrogen and oxygen atoms in total. The molecule has 0 saturated heterocycles. The highest BCUT2D eigenvalue weighted by molar-refractivity contribution is 7.92. The Hall–Kier alpha value is -1.27. The molecule has 0 radical (unpaired) electrons. The molecule has 0 unspecified atom stereocenters. The van der Waals surface area contributed by atoms with E-state index >= 15 is 0 Å². The van der Waals surface area contributed by atoms with Gasteiger partial charge in [0.15, 0.2) is 0 Å². The van der Waals surface area contributed by atoms with E-state index in [1.165, 1.54) is 24.3 Å². The number of sulfonamides is 1. The molecule has 19 heavy (non-hydrogen) atoms. The van der Waals surface area contributed by atoms with Crippen molar-refractivity contribution in [2.75, 3.05) is 17.2 Å². The van der Waals surface area contributed by atoms with Crippen LogP contribution in [0.2, 0.25) is 5.02 Å². The van der Waals surface area contributed by atoms with Gasteiger partial charge >= 0.3 is 6.09 Å². The average Bonchev–Trinajstić information content (AvgIpc) is 2.30. The highest BCUT2D eigenvalue weighted by Gasteiger charge is 2.26. The van der Waals surface area contributed by atoms with Crippen LogP contribution in [-0.4, -0.2) is 27.4 Å². The lowest BCUT2D eigenvalue weighted by Crippen LogP contribution is -2.36. The van der Waals surface area contributed by atoms with Crippen LogP contribution in [0.5, 0.6) is 0 Å². The topological polar surface area (TPSA) is 63.7 Å². The Morgan fingerprint density at radius 1 is 1.32 bits per heavy atom. The van der Waals surface area contributed by atoms with E-state index in [4.69, 9.17) is 16.3 Å². The molecular weight excluding hydrogens is 290 g/mol. The zero-order valence-electron chi connectivity index (χ0n) is 10.8. The summed E-state index contributed by atoms with van der Waals surface area (Å²) in [6, 6.07) is 5.91. The van der Waals surface area contributed by atoms with Crippen molar-refractivity contribution < 1.29 is 17.9 Å². The SMILES string of the molecule is CCCCOC(=O)N(c1ccc(Cl)cc1)S(C)(=O)=O. The molecule has 0 fully saturated rings. The molecule has 1 rings (SSSR count). The zero-order chi connectivity index (χ0) is 14.5.